The van der Waals surface area contributed by atoms with Crippen LogP contribution >= 0.6 is 0 Å². The molecule has 1 aliphatic heterocycles. The fraction of sp³-hybridized carbons (Fsp3) is 0.176. The van der Waals surface area contributed by atoms with Gasteiger partial charge in [0.25, 0.3) is 0 Å². The normalized spacial score (nSPS) is 15.1. The van der Waals surface area contributed by atoms with Crippen LogP contribution in [0.1, 0.15) is 24.0 Å². The summed E-state index contributed by atoms with van der Waals surface area (Å²) in [5, 5.41) is 6.11. The molecule has 2 aromatic rings. The highest BCUT2D eigenvalue weighted by molar-refractivity contribution is 6.04. The van der Waals surface area contributed by atoms with Crippen molar-refractivity contribution >= 4 is 11.6 Å². The molecule has 0 bridgehead atoms. The predicted molar refractivity (Wildman–Crippen MR) is 79.2 cm³/mol. The average Bonchev–Trinajstić information content (AvgIpc) is 2.51. The molecule has 3 rings (SSSR count). The second-order valence-corrected chi connectivity index (χ2v) is 4.85. The van der Waals surface area contributed by atoms with Crippen LogP contribution in [0.15, 0.2) is 65.8 Å². The van der Waals surface area contributed by atoms with Gasteiger partial charge in [-0.1, -0.05) is 60.7 Å². The summed E-state index contributed by atoms with van der Waals surface area (Å²) in [5.74, 6) is 0.0912. The Kier molecular flexibility index (Phi) is 3.59. The van der Waals surface area contributed by atoms with Crippen LogP contribution < -0.4 is 0 Å². The third kappa shape index (κ3) is 2.77. The van der Waals surface area contributed by atoms with Crippen LogP contribution in [0.3, 0.4) is 0 Å². The van der Waals surface area contributed by atoms with Gasteiger partial charge in [0.2, 0.25) is 5.91 Å². The molecule has 20 heavy (non-hydrogen) atoms. The molecule has 0 unspecified atom stereocenters. The first kappa shape index (κ1) is 12.6. The van der Waals surface area contributed by atoms with Gasteiger partial charge in [0.15, 0.2) is 0 Å². The van der Waals surface area contributed by atoms with Crippen LogP contribution in [0.4, 0.5) is 0 Å². The van der Waals surface area contributed by atoms with E-state index in [4.69, 9.17) is 0 Å². The fourth-order valence-corrected chi connectivity index (χ4v) is 2.32. The van der Waals surface area contributed by atoms with Gasteiger partial charge in [0.05, 0.1) is 12.3 Å². The molecule has 0 aromatic heterocycles. The summed E-state index contributed by atoms with van der Waals surface area (Å²) >= 11 is 0. The molecule has 0 saturated carbocycles. The highest BCUT2D eigenvalue weighted by atomic mass is 16.2. The molecule has 0 spiro atoms. The minimum Gasteiger partial charge on any atom is -0.273 e. The van der Waals surface area contributed by atoms with Gasteiger partial charge >= 0.3 is 0 Å². The van der Waals surface area contributed by atoms with Crippen LogP contribution in [0.5, 0.6) is 0 Å². The molecule has 1 heterocycles. The molecule has 0 saturated heterocycles. The maximum atomic E-state index is 12.0. The van der Waals surface area contributed by atoms with Crippen molar-refractivity contribution in [2.45, 2.75) is 19.4 Å². The Hall–Kier alpha value is -2.42. The largest absolute Gasteiger partial charge is 0.273 e. The van der Waals surface area contributed by atoms with Gasteiger partial charge in [-0.3, -0.25) is 4.79 Å². The van der Waals surface area contributed by atoms with Gasteiger partial charge in [-0.15, -0.1) is 0 Å². The minimum atomic E-state index is 0.0912. The molecule has 0 radical (unpaired) electrons. The molecular weight excluding hydrogens is 248 g/mol. The first-order chi connectivity index (χ1) is 9.83. The molecule has 2 aromatic carbocycles. The van der Waals surface area contributed by atoms with E-state index in [0.29, 0.717) is 19.4 Å². The molecule has 3 nitrogen and oxygen atoms in total. The minimum absolute atomic E-state index is 0.0912. The van der Waals surface area contributed by atoms with Gasteiger partial charge in [0, 0.05) is 12.8 Å². The number of carbonyl (C=O) groups is 1. The number of rotatable bonds is 3. The number of nitrogens with zero attached hydrogens (tertiary/aromatic N) is 2. The lowest BCUT2D eigenvalue weighted by molar-refractivity contribution is -0.132. The van der Waals surface area contributed by atoms with Crippen LogP contribution in [0.2, 0.25) is 0 Å². The maximum Gasteiger partial charge on any atom is 0.243 e. The second-order valence-electron chi connectivity index (χ2n) is 4.85. The van der Waals surface area contributed by atoms with Gasteiger partial charge in [-0.25, -0.2) is 5.01 Å². The zero-order chi connectivity index (χ0) is 13.8. The van der Waals surface area contributed by atoms with Crippen molar-refractivity contribution in [3.05, 3.63) is 71.8 Å². The van der Waals surface area contributed by atoms with Gasteiger partial charge in [-0.2, -0.15) is 5.10 Å². The van der Waals surface area contributed by atoms with Crippen LogP contribution in [0.25, 0.3) is 0 Å². The second kappa shape index (κ2) is 5.70. The van der Waals surface area contributed by atoms with Crippen molar-refractivity contribution in [3.8, 4) is 0 Å². The summed E-state index contributed by atoms with van der Waals surface area (Å²) in [6.45, 7) is 0.538. The number of hydrogen-bond acceptors (Lipinski definition) is 2. The molecule has 0 fully saturated rings. The summed E-state index contributed by atoms with van der Waals surface area (Å²) < 4.78 is 0. The third-order valence-electron chi connectivity index (χ3n) is 3.39. The number of amides is 1. The standard InChI is InChI=1S/C17H16N2O/c20-17-12-11-16(15-9-5-2-6-10-15)18-19(17)13-14-7-3-1-4-8-14/h1-10H,11-13H2. The van der Waals surface area contributed by atoms with Crippen molar-refractivity contribution in [2.75, 3.05) is 0 Å². The maximum absolute atomic E-state index is 12.0. The van der Waals surface area contributed by atoms with Crippen LogP contribution in [0, 0.1) is 0 Å². The van der Waals surface area contributed by atoms with E-state index in [0.717, 1.165) is 16.8 Å². The van der Waals surface area contributed by atoms with Crippen molar-refractivity contribution in [1.82, 2.24) is 5.01 Å². The summed E-state index contributed by atoms with van der Waals surface area (Å²) in [6, 6.07) is 20.0. The van der Waals surface area contributed by atoms with Crippen molar-refractivity contribution in [3.63, 3.8) is 0 Å². The summed E-state index contributed by atoms with van der Waals surface area (Å²) in [4.78, 5) is 12.0. The smallest absolute Gasteiger partial charge is 0.243 e. The van der Waals surface area contributed by atoms with Crippen LogP contribution in [-0.4, -0.2) is 16.6 Å². The Morgan fingerprint density at radius 1 is 0.900 bits per heavy atom. The Bertz CT molecular complexity index is 620. The van der Waals surface area contributed by atoms with E-state index in [-0.39, 0.29) is 5.91 Å². The molecule has 100 valence electrons. The van der Waals surface area contributed by atoms with E-state index in [1.807, 2.05) is 60.7 Å². The quantitative estimate of drug-likeness (QED) is 0.837. The lowest BCUT2D eigenvalue weighted by Crippen LogP contribution is -2.31. The fourth-order valence-electron chi connectivity index (χ4n) is 2.32. The SMILES string of the molecule is O=C1CCC(c2ccccc2)=NN1Cc1ccccc1. The first-order valence-corrected chi connectivity index (χ1v) is 6.80. The average molecular weight is 264 g/mol. The summed E-state index contributed by atoms with van der Waals surface area (Å²) in [6.07, 6.45) is 1.24. The lowest BCUT2D eigenvalue weighted by atomic mass is 10.0. The van der Waals surface area contributed by atoms with Crippen molar-refractivity contribution < 1.29 is 4.79 Å². The van der Waals surface area contributed by atoms with Gasteiger partial charge < -0.3 is 0 Å². The van der Waals surface area contributed by atoms with Crippen molar-refractivity contribution in [1.29, 1.82) is 0 Å². The Labute approximate surface area is 118 Å². The van der Waals surface area contributed by atoms with Gasteiger partial charge in [-0.05, 0) is 11.1 Å². The van der Waals surface area contributed by atoms with Gasteiger partial charge in [0.1, 0.15) is 0 Å². The molecule has 0 atom stereocenters. The number of carbonyl (C=O) groups excluding carboxylic acids is 1. The van der Waals surface area contributed by atoms with E-state index >= 15 is 0 Å². The molecule has 0 N–H and O–H groups in total. The first-order valence-electron chi connectivity index (χ1n) is 6.80. The molecule has 1 aliphatic rings. The number of hydrazone groups is 1. The van der Waals surface area contributed by atoms with E-state index in [2.05, 4.69) is 5.10 Å². The van der Waals surface area contributed by atoms with Crippen LogP contribution in [-0.2, 0) is 11.3 Å². The third-order valence-corrected chi connectivity index (χ3v) is 3.39. The molecule has 0 aliphatic carbocycles. The Morgan fingerprint density at radius 2 is 1.55 bits per heavy atom. The molecule has 3 heteroatoms. The lowest BCUT2D eigenvalue weighted by Gasteiger charge is -2.23. The number of hydrogen-bond donors (Lipinski definition) is 0. The zero-order valence-electron chi connectivity index (χ0n) is 11.2. The zero-order valence-corrected chi connectivity index (χ0v) is 11.2. The van der Waals surface area contributed by atoms with Crippen molar-refractivity contribution in [2.24, 2.45) is 5.10 Å². The summed E-state index contributed by atoms with van der Waals surface area (Å²) in [5.41, 5.74) is 3.18. The number of benzene rings is 2. The Morgan fingerprint density at radius 3 is 2.25 bits per heavy atom. The Balaban J connectivity index is 1.84. The summed E-state index contributed by atoms with van der Waals surface area (Å²) in [7, 11) is 0. The molecule has 1 amide bonds. The molecular formula is C17H16N2O. The van der Waals surface area contributed by atoms with E-state index in [1.165, 1.54) is 0 Å². The van der Waals surface area contributed by atoms with E-state index in [9.17, 15) is 4.79 Å². The highest BCUT2D eigenvalue weighted by Crippen LogP contribution is 2.17. The highest BCUT2D eigenvalue weighted by Gasteiger charge is 2.21. The predicted octanol–water partition coefficient (Wildman–Crippen LogP) is 3.21. The van der Waals surface area contributed by atoms with E-state index < -0.39 is 0 Å². The monoisotopic (exact) mass is 264 g/mol. The topological polar surface area (TPSA) is 32.7 Å². The van der Waals surface area contributed by atoms with E-state index in [1.54, 1.807) is 5.01 Å².